The highest BCUT2D eigenvalue weighted by Crippen LogP contribution is 2.35. The van der Waals surface area contributed by atoms with Gasteiger partial charge in [-0.1, -0.05) is 30.3 Å². The highest BCUT2D eigenvalue weighted by molar-refractivity contribution is 5.96. The number of oxazole rings is 1. The van der Waals surface area contributed by atoms with E-state index in [9.17, 15) is 19.1 Å². The maximum atomic E-state index is 13.5. The van der Waals surface area contributed by atoms with Gasteiger partial charge in [-0.15, -0.1) is 15.0 Å². The molecule has 2 aromatic carbocycles. The van der Waals surface area contributed by atoms with Crippen LogP contribution in [0.5, 0.6) is 0 Å². The molecule has 0 bridgehead atoms. The SMILES string of the molecule is O=C(Nc1ccc2oc(-c3ccnc(C(=O)N4CCN(C(c5ccccc5)n5nnc(CO)n5)CC4)c3)nc2c1)[C@@H]1C[C@@H]1F. The number of hydrogen-bond acceptors (Lipinski definition) is 10. The second kappa shape index (κ2) is 11.5. The number of nitrogens with one attached hydrogen (secondary N) is 1. The van der Waals surface area contributed by atoms with Crippen molar-refractivity contribution in [3.8, 4) is 11.5 Å². The van der Waals surface area contributed by atoms with Crippen LogP contribution in [0.15, 0.2) is 71.3 Å². The molecule has 2 fully saturated rings. The van der Waals surface area contributed by atoms with Crippen LogP contribution in [-0.4, -0.2) is 89.2 Å². The molecule has 2 aliphatic rings. The molecule has 1 saturated heterocycles. The number of carbonyl (C=O) groups excluding carboxylic acids is 2. The smallest absolute Gasteiger partial charge is 0.272 e. The molecule has 1 unspecified atom stereocenters. The van der Waals surface area contributed by atoms with Gasteiger partial charge in [0.2, 0.25) is 11.8 Å². The molecule has 1 aliphatic carbocycles. The number of halogens is 1. The van der Waals surface area contributed by atoms with Gasteiger partial charge in [0.05, 0.1) is 5.92 Å². The molecule has 4 heterocycles. The topological polar surface area (TPSA) is 155 Å². The van der Waals surface area contributed by atoms with Crippen molar-refractivity contribution in [2.45, 2.75) is 25.4 Å². The second-order valence-electron chi connectivity index (χ2n) is 10.8. The van der Waals surface area contributed by atoms with Crippen molar-refractivity contribution in [2.24, 2.45) is 5.92 Å². The second-order valence-corrected chi connectivity index (χ2v) is 10.8. The van der Waals surface area contributed by atoms with E-state index in [2.05, 4.69) is 35.6 Å². The fraction of sp³-hybridized carbons (Fsp3) is 0.300. The highest BCUT2D eigenvalue weighted by Gasteiger charge is 2.43. The number of aliphatic hydroxyl groups excluding tert-OH is 1. The predicted octanol–water partition coefficient (Wildman–Crippen LogP) is 2.67. The summed E-state index contributed by atoms with van der Waals surface area (Å²) in [7, 11) is 0. The summed E-state index contributed by atoms with van der Waals surface area (Å²) < 4.78 is 19.2. The Kier molecular flexibility index (Phi) is 7.28. The van der Waals surface area contributed by atoms with Gasteiger partial charge in [-0.05, 0) is 47.5 Å². The Hall–Kier alpha value is -5.08. The van der Waals surface area contributed by atoms with Crippen LogP contribution in [0.4, 0.5) is 10.1 Å². The molecule has 7 rings (SSSR count). The number of rotatable bonds is 8. The standard InChI is InChI=1S/C30H28FN9O4/c31-22-16-21(22)27(42)33-20-6-7-25-23(15-20)34-28(44-25)19-8-9-32-24(14-19)30(43)39-12-10-38(11-13-39)29(18-4-2-1-3-5-18)40-36-26(17-41)35-37-40/h1-9,14-15,21-22,29,41H,10-13,16-17H2,(H,33,42)/t21-,22+,29?/m1/s1. The van der Waals surface area contributed by atoms with E-state index >= 15 is 0 Å². The summed E-state index contributed by atoms with van der Waals surface area (Å²) in [6, 6.07) is 18.2. The fourth-order valence-corrected chi connectivity index (χ4v) is 5.35. The molecule has 1 aliphatic heterocycles. The van der Waals surface area contributed by atoms with Gasteiger partial charge in [0.25, 0.3) is 5.91 Å². The lowest BCUT2D eigenvalue weighted by molar-refractivity contribution is -0.117. The van der Waals surface area contributed by atoms with Crippen molar-refractivity contribution in [2.75, 3.05) is 31.5 Å². The third kappa shape index (κ3) is 5.52. The Morgan fingerprint density at radius 2 is 1.86 bits per heavy atom. The van der Waals surface area contributed by atoms with E-state index < -0.39 is 12.1 Å². The third-order valence-corrected chi connectivity index (χ3v) is 7.81. The van der Waals surface area contributed by atoms with E-state index in [0.29, 0.717) is 54.4 Å². The summed E-state index contributed by atoms with van der Waals surface area (Å²) >= 11 is 0. The number of fused-ring (bicyclic) bond motifs is 1. The highest BCUT2D eigenvalue weighted by atomic mass is 19.1. The van der Waals surface area contributed by atoms with Crippen LogP contribution in [0.3, 0.4) is 0 Å². The Morgan fingerprint density at radius 1 is 1.07 bits per heavy atom. The van der Waals surface area contributed by atoms with Crippen LogP contribution in [0.2, 0.25) is 0 Å². The van der Waals surface area contributed by atoms with Gasteiger partial charge in [-0.25, -0.2) is 9.37 Å². The number of alkyl halides is 1. The van der Waals surface area contributed by atoms with E-state index in [4.69, 9.17) is 4.42 Å². The first kappa shape index (κ1) is 27.7. The van der Waals surface area contributed by atoms with Crippen LogP contribution < -0.4 is 5.32 Å². The van der Waals surface area contributed by atoms with Crippen LogP contribution in [-0.2, 0) is 11.4 Å². The Balaban J connectivity index is 1.05. The number of piperazine rings is 1. The fourth-order valence-electron chi connectivity index (χ4n) is 5.35. The number of tetrazole rings is 1. The molecule has 3 aromatic heterocycles. The average Bonchev–Trinajstić information content (AvgIpc) is 3.41. The zero-order valence-corrected chi connectivity index (χ0v) is 23.5. The van der Waals surface area contributed by atoms with Crippen molar-refractivity contribution in [1.82, 2.24) is 40.0 Å². The monoisotopic (exact) mass is 597 g/mol. The largest absolute Gasteiger partial charge is 0.436 e. The molecule has 0 spiro atoms. The van der Waals surface area contributed by atoms with E-state index in [0.717, 1.165) is 5.56 Å². The minimum atomic E-state index is -1.08. The van der Waals surface area contributed by atoms with Gasteiger partial charge < -0.3 is 19.7 Å². The van der Waals surface area contributed by atoms with Crippen molar-refractivity contribution in [3.63, 3.8) is 0 Å². The number of hydrogen-bond donors (Lipinski definition) is 2. The molecule has 224 valence electrons. The van der Waals surface area contributed by atoms with Gasteiger partial charge in [0.1, 0.15) is 24.0 Å². The van der Waals surface area contributed by atoms with E-state index in [1.54, 1.807) is 41.4 Å². The lowest BCUT2D eigenvalue weighted by atomic mass is 10.1. The predicted molar refractivity (Wildman–Crippen MR) is 155 cm³/mol. The van der Waals surface area contributed by atoms with E-state index in [-0.39, 0.29) is 42.5 Å². The summed E-state index contributed by atoms with van der Waals surface area (Å²) in [6.45, 7) is 1.71. The Labute approximate surface area is 250 Å². The summed E-state index contributed by atoms with van der Waals surface area (Å²) in [5.41, 5.74) is 3.35. The first-order valence-corrected chi connectivity index (χ1v) is 14.3. The Morgan fingerprint density at radius 3 is 2.59 bits per heavy atom. The first-order chi connectivity index (χ1) is 21.5. The summed E-state index contributed by atoms with van der Waals surface area (Å²) in [5.74, 6) is -0.604. The zero-order chi connectivity index (χ0) is 30.2. The Bertz CT molecular complexity index is 1820. The number of amides is 2. The third-order valence-electron chi connectivity index (χ3n) is 7.81. The number of aliphatic hydroxyl groups is 1. The number of pyridine rings is 1. The van der Waals surface area contributed by atoms with Gasteiger partial charge in [0, 0.05) is 43.6 Å². The van der Waals surface area contributed by atoms with Crippen molar-refractivity contribution in [3.05, 3.63) is 83.9 Å². The molecule has 3 atom stereocenters. The molecule has 14 heteroatoms. The molecular formula is C30H28FN9O4. The van der Waals surface area contributed by atoms with Crippen LogP contribution in [0.1, 0.15) is 34.5 Å². The zero-order valence-electron chi connectivity index (χ0n) is 23.5. The maximum Gasteiger partial charge on any atom is 0.272 e. The summed E-state index contributed by atoms with van der Waals surface area (Å²) in [6.07, 6.45) is 0.379. The molecule has 13 nitrogen and oxygen atoms in total. The molecule has 44 heavy (non-hydrogen) atoms. The van der Waals surface area contributed by atoms with Gasteiger partial charge in [-0.3, -0.25) is 19.5 Å². The van der Waals surface area contributed by atoms with Crippen molar-refractivity contribution < 1.29 is 23.5 Å². The number of aromatic nitrogens is 6. The van der Waals surface area contributed by atoms with Crippen molar-refractivity contribution >= 4 is 28.6 Å². The molecule has 5 aromatic rings. The molecule has 2 N–H and O–H groups in total. The van der Waals surface area contributed by atoms with Crippen LogP contribution in [0, 0.1) is 5.92 Å². The van der Waals surface area contributed by atoms with Crippen molar-refractivity contribution in [1.29, 1.82) is 0 Å². The average molecular weight is 598 g/mol. The molecule has 2 amide bonds. The minimum absolute atomic E-state index is 0.212. The molecule has 1 saturated carbocycles. The number of benzene rings is 2. The normalized spacial score (nSPS) is 19.2. The van der Waals surface area contributed by atoms with Crippen LogP contribution in [0.25, 0.3) is 22.6 Å². The van der Waals surface area contributed by atoms with Crippen LogP contribution >= 0.6 is 0 Å². The molecule has 0 radical (unpaired) electrons. The van der Waals surface area contributed by atoms with E-state index in [1.165, 1.54) is 4.80 Å². The minimum Gasteiger partial charge on any atom is -0.436 e. The van der Waals surface area contributed by atoms with Gasteiger partial charge in [0.15, 0.2) is 17.6 Å². The van der Waals surface area contributed by atoms with E-state index in [1.807, 2.05) is 30.3 Å². The number of anilines is 1. The quantitative estimate of drug-likeness (QED) is 0.273. The van der Waals surface area contributed by atoms with Gasteiger partial charge in [-0.2, -0.15) is 0 Å². The lowest BCUT2D eigenvalue weighted by Crippen LogP contribution is -2.51. The summed E-state index contributed by atoms with van der Waals surface area (Å²) in [4.78, 5) is 39.9. The lowest BCUT2D eigenvalue weighted by Gasteiger charge is -2.38. The number of carbonyl (C=O) groups is 2. The number of nitrogens with zero attached hydrogens (tertiary/aromatic N) is 8. The first-order valence-electron chi connectivity index (χ1n) is 14.3. The molecular weight excluding hydrogens is 569 g/mol. The summed E-state index contributed by atoms with van der Waals surface area (Å²) in [5, 5.41) is 24.6. The van der Waals surface area contributed by atoms with Gasteiger partial charge >= 0.3 is 0 Å². The maximum absolute atomic E-state index is 13.5.